The predicted octanol–water partition coefficient (Wildman–Crippen LogP) is 1.22. The Balaban J connectivity index is 2.27. The van der Waals surface area contributed by atoms with Crippen LogP contribution in [0.5, 0.6) is 0 Å². The molecule has 19 heavy (non-hydrogen) atoms. The van der Waals surface area contributed by atoms with Gasteiger partial charge in [-0.2, -0.15) is 0 Å². The number of benzene rings is 1. The first kappa shape index (κ1) is 13.4. The van der Waals surface area contributed by atoms with Crippen LogP contribution in [0, 0.1) is 5.82 Å². The zero-order valence-corrected chi connectivity index (χ0v) is 10.4. The third kappa shape index (κ3) is 2.72. The lowest BCUT2D eigenvalue weighted by Gasteiger charge is -2.10. The van der Waals surface area contributed by atoms with Crippen LogP contribution in [0.2, 0.25) is 0 Å². The lowest BCUT2D eigenvalue weighted by molar-refractivity contribution is -0.140. The van der Waals surface area contributed by atoms with Crippen molar-refractivity contribution in [3.8, 4) is 0 Å². The Morgan fingerprint density at radius 2 is 2.16 bits per heavy atom. The van der Waals surface area contributed by atoms with Crippen LogP contribution in [0.15, 0.2) is 24.3 Å². The zero-order chi connectivity index (χ0) is 14.0. The first-order valence-electron chi connectivity index (χ1n) is 5.35. The van der Waals surface area contributed by atoms with Crippen LogP contribution in [0.3, 0.4) is 0 Å². The number of carboxylic acid groups (broad SMARTS) is 1. The highest BCUT2D eigenvalue weighted by Crippen LogP contribution is 2.27. The number of nitrogens with one attached hydrogen (secondary N) is 1. The second-order valence-corrected chi connectivity index (χ2v) is 4.89. The molecule has 1 atom stereocenters. The average Bonchev–Trinajstić information content (AvgIpc) is 2.80. The number of rotatable bonds is 4. The summed E-state index contributed by atoms with van der Waals surface area (Å²) in [7, 11) is 0. The maximum absolute atomic E-state index is 13.5. The highest BCUT2D eigenvalue weighted by atomic mass is 32.1. The van der Waals surface area contributed by atoms with E-state index in [1.807, 2.05) is 0 Å². The number of hydrogen-bond acceptors (Lipinski definition) is 4. The van der Waals surface area contributed by atoms with Gasteiger partial charge in [0, 0.05) is 10.1 Å². The van der Waals surface area contributed by atoms with Crippen LogP contribution in [-0.4, -0.2) is 34.7 Å². The lowest BCUT2D eigenvalue weighted by atomic mass is 10.2. The van der Waals surface area contributed by atoms with Gasteiger partial charge in [-0.15, -0.1) is 11.3 Å². The molecule has 100 valence electrons. The molecule has 0 bridgehead atoms. The van der Waals surface area contributed by atoms with Gasteiger partial charge in [-0.25, -0.2) is 9.18 Å². The van der Waals surface area contributed by atoms with Gasteiger partial charge in [-0.05, 0) is 18.2 Å². The molecule has 2 rings (SSSR count). The van der Waals surface area contributed by atoms with E-state index in [-0.39, 0.29) is 4.88 Å². The molecule has 0 saturated heterocycles. The second kappa shape index (κ2) is 5.33. The fourth-order valence-electron chi connectivity index (χ4n) is 1.55. The molecule has 1 heterocycles. The Morgan fingerprint density at radius 1 is 1.42 bits per heavy atom. The molecular weight excluding hydrogens is 273 g/mol. The van der Waals surface area contributed by atoms with Crippen LogP contribution >= 0.6 is 11.3 Å². The number of thiophene rings is 1. The molecular formula is C12H10FNO4S. The van der Waals surface area contributed by atoms with Gasteiger partial charge in [-0.3, -0.25) is 4.79 Å². The number of amides is 1. The monoisotopic (exact) mass is 283 g/mol. The van der Waals surface area contributed by atoms with Gasteiger partial charge in [0.05, 0.1) is 11.5 Å². The van der Waals surface area contributed by atoms with Crippen LogP contribution in [0.1, 0.15) is 9.67 Å². The Labute approximate surface area is 111 Å². The fraction of sp³-hybridized carbons (Fsp3) is 0.167. The predicted molar refractivity (Wildman–Crippen MR) is 67.8 cm³/mol. The van der Waals surface area contributed by atoms with Crippen molar-refractivity contribution in [1.29, 1.82) is 0 Å². The van der Waals surface area contributed by atoms with Crippen molar-refractivity contribution >= 4 is 33.3 Å². The van der Waals surface area contributed by atoms with Crippen LogP contribution in [-0.2, 0) is 4.79 Å². The minimum atomic E-state index is -1.37. The zero-order valence-electron chi connectivity index (χ0n) is 9.59. The van der Waals surface area contributed by atoms with Crippen molar-refractivity contribution in [2.24, 2.45) is 0 Å². The standard InChI is InChI=1S/C12H10FNO4S/c13-7-2-1-3-9-6(7)4-10(19-9)11(16)14-8(5-15)12(17)18/h1-4,8,15H,5H2,(H,14,16)(H,17,18)/t8-/m0/s1. The molecule has 1 amide bonds. The summed E-state index contributed by atoms with van der Waals surface area (Å²) in [6.07, 6.45) is 0. The lowest BCUT2D eigenvalue weighted by Crippen LogP contribution is -2.43. The van der Waals surface area contributed by atoms with Gasteiger partial charge < -0.3 is 15.5 Å². The minimum Gasteiger partial charge on any atom is -0.480 e. The van der Waals surface area contributed by atoms with Gasteiger partial charge in [-0.1, -0.05) is 6.07 Å². The summed E-state index contributed by atoms with van der Waals surface area (Å²) in [4.78, 5) is 22.7. The number of aliphatic hydroxyl groups excluding tert-OH is 1. The van der Waals surface area contributed by atoms with Crippen LogP contribution in [0.25, 0.3) is 10.1 Å². The quantitative estimate of drug-likeness (QED) is 0.787. The summed E-state index contributed by atoms with van der Waals surface area (Å²) in [5, 5.41) is 20.0. The van der Waals surface area contributed by atoms with E-state index in [0.717, 1.165) is 11.3 Å². The molecule has 0 saturated carbocycles. The van der Waals surface area contributed by atoms with E-state index >= 15 is 0 Å². The first-order valence-corrected chi connectivity index (χ1v) is 6.17. The molecule has 3 N–H and O–H groups in total. The highest BCUT2D eigenvalue weighted by molar-refractivity contribution is 7.20. The highest BCUT2D eigenvalue weighted by Gasteiger charge is 2.21. The number of aliphatic hydroxyl groups is 1. The Morgan fingerprint density at radius 3 is 2.74 bits per heavy atom. The number of fused-ring (bicyclic) bond motifs is 1. The Kier molecular flexibility index (Phi) is 3.77. The molecule has 5 nitrogen and oxygen atoms in total. The normalized spacial score (nSPS) is 12.3. The van der Waals surface area contributed by atoms with Crippen molar-refractivity contribution in [2.45, 2.75) is 6.04 Å². The smallest absolute Gasteiger partial charge is 0.328 e. The van der Waals surface area contributed by atoms with Crippen LogP contribution in [0.4, 0.5) is 4.39 Å². The molecule has 2 aromatic rings. The Bertz CT molecular complexity index is 640. The number of hydrogen-bond donors (Lipinski definition) is 3. The van der Waals surface area contributed by atoms with Gasteiger partial charge in [0.1, 0.15) is 5.82 Å². The summed E-state index contributed by atoms with van der Waals surface area (Å²) >= 11 is 1.06. The number of aliphatic carboxylic acids is 1. The molecule has 0 aliphatic rings. The minimum absolute atomic E-state index is 0.194. The molecule has 1 aromatic carbocycles. The van der Waals surface area contributed by atoms with E-state index in [1.54, 1.807) is 6.07 Å². The molecule has 0 spiro atoms. The van der Waals surface area contributed by atoms with Crippen molar-refractivity contribution in [3.05, 3.63) is 35.0 Å². The third-order valence-corrected chi connectivity index (χ3v) is 3.62. The molecule has 0 fully saturated rings. The summed E-state index contributed by atoms with van der Waals surface area (Å²) < 4.78 is 14.1. The summed E-state index contributed by atoms with van der Waals surface area (Å²) in [5.74, 6) is -2.42. The van der Waals surface area contributed by atoms with E-state index in [2.05, 4.69) is 5.32 Å². The van der Waals surface area contributed by atoms with Gasteiger partial charge in [0.2, 0.25) is 0 Å². The van der Waals surface area contributed by atoms with Crippen molar-refractivity contribution < 1.29 is 24.2 Å². The SMILES string of the molecule is O=C(N[C@@H](CO)C(=O)O)c1cc2c(F)cccc2s1. The number of carbonyl (C=O) groups is 2. The average molecular weight is 283 g/mol. The van der Waals surface area contributed by atoms with E-state index in [1.165, 1.54) is 18.2 Å². The van der Waals surface area contributed by atoms with E-state index in [0.29, 0.717) is 10.1 Å². The fourth-order valence-corrected chi connectivity index (χ4v) is 2.53. The summed E-state index contributed by atoms with van der Waals surface area (Å²) in [6, 6.07) is 4.47. The molecule has 0 unspecified atom stereocenters. The molecule has 0 radical (unpaired) electrons. The maximum atomic E-state index is 13.5. The van der Waals surface area contributed by atoms with Crippen molar-refractivity contribution in [2.75, 3.05) is 6.61 Å². The van der Waals surface area contributed by atoms with Gasteiger partial charge in [0.25, 0.3) is 5.91 Å². The summed E-state index contributed by atoms with van der Waals surface area (Å²) in [6.45, 7) is -0.708. The molecule has 1 aromatic heterocycles. The van der Waals surface area contributed by atoms with Crippen molar-refractivity contribution in [3.63, 3.8) is 0 Å². The topological polar surface area (TPSA) is 86.6 Å². The largest absolute Gasteiger partial charge is 0.480 e. The number of carbonyl (C=O) groups excluding carboxylic acids is 1. The second-order valence-electron chi connectivity index (χ2n) is 3.81. The van der Waals surface area contributed by atoms with E-state index < -0.39 is 30.3 Å². The maximum Gasteiger partial charge on any atom is 0.328 e. The van der Waals surface area contributed by atoms with Gasteiger partial charge in [0.15, 0.2) is 6.04 Å². The molecule has 7 heteroatoms. The van der Waals surface area contributed by atoms with Crippen molar-refractivity contribution in [1.82, 2.24) is 5.32 Å². The van der Waals surface area contributed by atoms with E-state index in [9.17, 15) is 14.0 Å². The number of halogens is 1. The third-order valence-electron chi connectivity index (χ3n) is 2.52. The summed E-state index contributed by atoms with van der Waals surface area (Å²) in [5.41, 5.74) is 0. The van der Waals surface area contributed by atoms with Crippen LogP contribution < -0.4 is 5.32 Å². The first-order chi connectivity index (χ1) is 9.02. The Hall–Kier alpha value is -1.99. The van der Waals surface area contributed by atoms with Gasteiger partial charge >= 0.3 is 5.97 Å². The molecule has 0 aliphatic heterocycles. The van der Waals surface area contributed by atoms with E-state index in [4.69, 9.17) is 10.2 Å². The number of carboxylic acids is 1. The molecule has 0 aliphatic carbocycles.